The van der Waals surface area contributed by atoms with Gasteiger partial charge in [-0.05, 0) is 30.2 Å². The molecule has 0 atom stereocenters. The van der Waals surface area contributed by atoms with Crippen molar-refractivity contribution in [3.63, 3.8) is 0 Å². The Morgan fingerprint density at radius 3 is 2.79 bits per heavy atom. The first-order valence-electron chi connectivity index (χ1n) is 9.18. The molecule has 0 aliphatic heterocycles. The molecule has 0 spiro atoms. The number of carbonyl (C=O) groups is 2. The Labute approximate surface area is 173 Å². The van der Waals surface area contributed by atoms with Crippen molar-refractivity contribution in [2.45, 2.75) is 19.9 Å². The number of ether oxygens (including phenoxy) is 1. The van der Waals surface area contributed by atoms with Crippen LogP contribution in [0, 0.1) is 0 Å². The summed E-state index contributed by atoms with van der Waals surface area (Å²) in [7, 11) is 0. The Morgan fingerprint density at radius 2 is 2.00 bits per heavy atom. The molecule has 2 amide bonds. The Bertz CT molecular complexity index is 1000. The molecule has 3 aromatic rings. The fourth-order valence-corrected chi connectivity index (χ4v) is 2.77. The van der Waals surface area contributed by atoms with E-state index in [1.807, 2.05) is 25.1 Å². The Hall–Kier alpha value is -3.32. The molecule has 29 heavy (non-hydrogen) atoms. The van der Waals surface area contributed by atoms with Crippen LogP contribution in [0.4, 0.5) is 10.5 Å². The molecule has 2 N–H and O–H groups in total. The first kappa shape index (κ1) is 20.4. The van der Waals surface area contributed by atoms with Gasteiger partial charge in [-0.1, -0.05) is 42.8 Å². The van der Waals surface area contributed by atoms with Gasteiger partial charge in [0.05, 0.1) is 18.3 Å². The topological polar surface area (TPSA) is 85.2 Å². The minimum Gasteiger partial charge on any atom is -0.423 e. The standard InChI is InChI=1S/C21H21ClN4O3/c1-2-10-23-21(28)25-17-7-5-8-18(11-17)29-20(27)16-12-24-26(14-16)13-15-6-3-4-9-19(15)22/h3-9,11-12,14H,2,10,13H2,1H3,(H2,23,25,28). The van der Waals surface area contributed by atoms with Gasteiger partial charge in [-0.25, -0.2) is 9.59 Å². The molecular formula is C21H21ClN4O3. The van der Waals surface area contributed by atoms with Crippen molar-refractivity contribution in [3.8, 4) is 5.75 Å². The second-order valence-electron chi connectivity index (χ2n) is 6.32. The number of hydrogen-bond donors (Lipinski definition) is 2. The van der Waals surface area contributed by atoms with Crippen LogP contribution in [0.15, 0.2) is 60.9 Å². The van der Waals surface area contributed by atoms with Gasteiger partial charge in [-0.2, -0.15) is 5.10 Å². The third-order valence-electron chi connectivity index (χ3n) is 4.00. The zero-order valence-corrected chi connectivity index (χ0v) is 16.6. The number of benzene rings is 2. The molecule has 0 aliphatic rings. The lowest BCUT2D eigenvalue weighted by Gasteiger charge is -2.08. The normalized spacial score (nSPS) is 10.4. The van der Waals surface area contributed by atoms with E-state index in [-0.39, 0.29) is 6.03 Å². The molecule has 0 radical (unpaired) electrons. The first-order valence-corrected chi connectivity index (χ1v) is 9.56. The highest BCUT2D eigenvalue weighted by Gasteiger charge is 2.13. The van der Waals surface area contributed by atoms with Crippen molar-refractivity contribution in [3.05, 3.63) is 77.1 Å². The lowest BCUT2D eigenvalue weighted by Crippen LogP contribution is -2.29. The average molecular weight is 413 g/mol. The number of rotatable bonds is 7. The van der Waals surface area contributed by atoms with Gasteiger partial charge in [0, 0.05) is 29.5 Å². The van der Waals surface area contributed by atoms with E-state index < -0.39 is 5.97 Å². The van der Waals surface area contributed by atoms with E-state index in [9.17, 15) is 9.59 Å². The van der Waals surface area contributed by atoms with E-state index in [0.29, 0.717) is 35.1 Å². The van der Waals surface area contributed by atoms with Crippen LogP contribution in [0.2, 0.25) is 5.02 Å². The van der Waals surface area contributed by atoms with Crippen LogP contribution in [-0.4, -0.2) is 28.3 Å². The van der Waals surface area contributed by atoms with E-state index in [1.54, 1.807) is 41.2 Å². The lowest BCUT2D eigenvalue weighted by atomic mass is 10.2. The predicted octanol–water partition coefficient (Wildman–Crippen LogP) is 4.34. The summed E-state index contributed by atoms with van der Waals surface area (Å²) >= 11 is 6.16. The summed E-state index contributed by atoms with van der Waals surface area (Å²) in [5.41, 5.74) is 1.74. The number of nitrogens with one attached hydrogen (secondary N) is 2. The van der Waals surface area contributed by atoms with Crippen molar-refractivity contribution in [2.24, 2.45) is 0 Å². The molecule has 0 saturated heterocycles. The average Bonchev–Trinajstić information content (AvgIpc) is 3.17. The van der Waals surface area contributed by atoms with Crippen LogP contribution in [0.5, 0.6) is 5.75 Å². The first-order chi connectivity index (χ1) is 14.0. The van der Waals surface area contributed by atoms with Gasteiger partial charge in [0.2, 0.25) is 0 Å². The maximum absolute atomic E-state index is 12.4. The zero-order chi connectivity index (χ0) is 20.6. The number of esters is 1. The van der Waals surface area contributed by atoms with Crippen LogP contribution < -0.4 is 15.4 Å². The Balaban J connectivity index is 1.62. The number of urea groups is 1. The molecule has 2 aromatic carbocycles. The molecule has 1 aromatic heterocycles. The summed E-state index contributed by atoms with van der Waals surface area (Å²) in [6.07, 6.45) is 3.89. The van der Waals surface area contributed by atoms with Gasteiger partial charge in [0.15, 0.2) is 0 Å². The summed E-state index contributed by atoms with van der Waals surface area (Å²) in [4.78, 5) is 24.2. The number of amides is 2. The highest BCUT2D eigenvalue weighted by Crippen LogP contribution is 2.19. The fraction of sp³-hybridized carbons (Fsp3) is 0.190. The summed E-state index contributed by atoms with van der Waals surface area (Å²) in [6, 6.07) is 13.8. The quantitative estimate of drug-likeness (QED) is 0.446. The maximum atomic E-state index is 12.4. The SMILES string of the molecule is CCCNC(=O)Nc1cccc(OC(=O)c2cnn(Cc3ccccc3Cl)c2)c1. The molecule has 7 nitrogen and oxygen atoms in total. The molecule has 0 saturated carbocycles. The van der Waals surface area contributed by atoms with E-state index in [0.717, 1.165) is 12.0 Å². The van der Waals surface area contributed by atoms with Gasteiger partial charge >= 0.3 is 12.0 Å². The number of aromatic nitrogens is 2. The number of anilines is 1. The summed E-state index contributed by atoms with van der Waals surface area (Å²) < 4.78 is 7.02. The third kappa shape index (κ3) is 5.83. The highest BCUT2D eigenvalue weighted by atomic mass is 35.5. The molecular weight excluding hydrogens is 392 g/mol. The van der Waals surface area contributed by atoms with Gasteiger partial charge in [-0.3, -0.25) is 4.68 Å². The minimum atomic E-state index is -0.539. The van der Waals surface area contributed by atoms with Gasteiger partial charge in [-0.15, -0.1) is 0 Å². The molecule has 0 bridgehead atoms. The van der Waals surface area contributed by atoms with Crippen molar-refractivity contribution in [1.82, 2.24) is 15.1 Å². The lowest BCUT2D eigenvalue weighted by molar-refractivity contribution is 0.0735. The van der Waals surface area contributed by atoms with E-state index in [1.165, 1.54) is 6.20 Å². The van der Waals surface area contributed by atoms with Crippen LogP contribution in [0.1, 0.15) is 29.3 Å². The molecule has 0 aliphatic carbocycles. The Kier molecular flexibility index (Phi) is 6.86. The summed E-state index contributed by atoms with van der Waals surface area (Å²) in [6.45, 7) is 2.99. The van der Waals surface area contributed by atoms with Crippen molar-refractivity contribution < 1.29 is 14.3 Å². The van der Waals surface area contributed by atoms with Gasteiger partial charge in [0.25, 0.3) is 0 Å². The van der Waals surface area contributed by atoms with Crippen LogP contribution in [0.25, 0.3) is 0 Å². The van der Waals surface area contributed by atoms with Crippen LogP contribution in [0.3, 0.4) is 0 Å². The summed E-state index contributed by atoms with van der Waals surface area (Å²) in [5.74, 6) is -0.217. The number of hydrogen-bond acceptors (Lipinski definition) is 4. The maximum Gasteiger partial charge on any atom is 0.346 e. The second kappa shape index (κ2) is 9.75. The predicted molar refractivity (Wildman–Crippen MR) is 111 cm³/mol. The van der Waals surface area contributed by atoms with Crippen molar-refractivity contribution in [1.29, 1.82) is 0 Å². The highest BCUT2D eigenvalue weighted by molar-refractivity contribution is 6.31. The fourth-order valence-electron chi connectivity index (χ4n) is 2.57. The summed E-state index contributed by atoms with van der Waals surface area (Å²) in [5, 5.41) is 10.2. The zero-order valence-electron chi connectivity index (χ0n) is 15.9. The molecule has 8 heteroatoms. The van der Waals surface area contributed by atoms with Gasteiger partial charge < -0.3 is 15.4 Å². The second-order valence-corrected chi connectivity index (χ2v) is 6.72. The smallest absolute Gasteiger partial charge is 0.346 e. The Morgan fingerprint density at radius 1 is 1.17 bits per heavy atom. The van der Waals surface area contributed by atoms with E-state index in [4.69, 9.17) is 16.3 Å². The molecule has 0 fully saturated rings. The van der Waals surface area contributed by atoms with Crippen molar-refractivity contribution in [2.75, 3.05) is 11.9 Å². The number of carbonyl (C=O) groups excluding carboxylic acids is 2. The minimum absolute atomic E-state index is 0.309. The molecule has 150 valence electrons. The number of nitrogens with zero attached hydrogens (tertiary/aromatic N) is 2. The largest absolute Gasteiger partial charge is 0.423 e. The van der Waals surface area contributed by atoms with Crippen molar-refractivity contribution >= 4 is 29.3 Å². The monoisotopic (exact) mass is 412 g/mol. The molecule has 0 unspecified atom stereocenters. The van der Waals surface area contributed by atoms with E-state index in [2.05, 4.69) is 15.7 Å². The van der Waals surface area contributed by atoms with E-state index >= 15 is 0 Å². The number of halogens is 1. The van der Waals surface area contributed by atoms with Crippen LogP contribution >= 0.6 is 11.6 Å². The third-order valence-corrected chi connectivity index (χ3v) is 4.37. The molecule has 3 rings (SSSR count). The molecule has 1 heterocycles. The van der Waals surface area contributed by atoms with Crippen LogP contribution in [-0.2, 0) is 6.54 Å². The van der Waals surface area contributed by atoms with Gasteiger partial charge in [0.1, 0.15) is 5.75 Å².